The van der Waals surface area contributed by atoms with Crippen molar-refractivity contribution < 1.29 is 32.3 Å². The lowest BCUT2D eigenvalue weighted by atomic mass is 9.83. The van der Waals surface area contributed by atoms with E-state index in [1.807, 2.05) is 49.4 Å². The standard InChI is InChI=1S/C34H59ClO7Si4/c1-15-37-27-19-16-25(17-20-27)32(41-45(9,10)11)28-22-26(18-21-29(28)35)34(36)33(42-46(12,13)14)31(40-44(6,7)8)24(2)30(39-34)23-38-43(3,4)5/h16-22,24,30-33,36H,15,23H2,1-14H3/t24-,30-,31+,32?,33-,34+/m1/s1. The second kappa shape index (κ2) is 15.0. The number of ether oxygens (including phenoxy) is 2. The normalized spacial score (nSPS) is 25.4. The first-order valence-corrected chi connectivity index (χ1v) is 30.5. The van der Waals surface area contributed by atoms with Crippen LogP contribution in [0.5, 0.6) is 5.75 Å². The zero-order chi connectivity index (χ0) is 34.9. The van der Waals surface area contributed by atoms with Gasteiger partial charge in [-0.3, -0.25) is 0 Å². The van der Waals surface area contributed by atoms with E-state index in [1.165, 1.54) is 0 Å². The maximum Gasteiger partial charge on any atom is 0.221 e. The molecule has 46 heavy (non-hydrogen) atoms. The van der Waals surface area contributed by atoms with Gasteiger partial charge in [-0.05, 0) is 115 Å². The molecule has 1 N–H and O–H groups in total. The van der Waals surface area contributed by atoms with E-state index in [4.69, 9.17) is 38.8 Å². The summed E-state index contributed by atoms with van der Waals surface area (Å²) in [4.78, 5) is 0. The van der Waals surface area contributed by atoms with Gasteiger partial charge in [0.05, 0.1) is 31.5 Å². The quantitative estimate of drug-likeness (QED) is 0.195. The Morgan fingerprint density at radius 1 is 0.826 bits per heavy atom. The molecule has 1 fully saturated rings. The molecule has 0 amide bonds. The van der Waals surface area contributed by atoms with Gasteiger partial charge in [0.2, 0.25) is 5.79 Å². The summed E-state index contributed by atoms with van der Waals surface area (Å²) in [6.07, 6.45) is -2.05. The lowest BCUT2D eigenvalue weighted by molar-refractivity contribution is -0.341. The smallest absolute Gasteiger partial charge is 0.221 e. The highest BCUT2D eigenvalue weighted by atomic mass is 35.5. The summed E-state index contributed by atoms with van der Waals surface area (Å²) in [5, 5.41) is 13.5. The minimum atomic E-state index is -2.21. The van der Waals surface area contributed by atoms with E-state index in [2.05, 4.69) is 85.5 Å². The Morgan fingerprint density at radius 3 is 1.91 bits per heavy atom. The third kappa shape index (κ3) is 11.1. The first-order chi connectivity index (χ1) is 20.9. The summed E-state index contributed by atoms with van der Waals surface area (Å²) in [6, 6.07) is 13.5. The number of rotatable bonds is 14. The van der Waals surface area contributed by atoms with Crippen LogP contribution in [0.1, 0.15) is 36.6 Å². The summed E-state index contributed by atoms with van der Waals surface area (Å²) < 4.78 is 39.4. The van der Waals surface area contributed by atoms with E-state index in [-0.39, 0.29) is 5.92 Å². The maximum absolute atomic E-state index is 12.9. The predicted molar refractivity (Wildman–Crippen MR) is 199 cm³/mol. The predicted octanol–water partition coefficient (Wildman–Crippen LogP) is 9.15. The van der Waals surface area contributed by atoms with Crippen LogP contribution in [-0.2, 0) is 28.2 Å². The molecule has 1 unspecified atom stereocenters. The van der Waals surface area contributed by atoms with Crippen LogP contribution in [0.3, 0.4) is 0 Å². The molecule has 3 rings (SSSR count). The molecule has 260 valence electrons. The lowest BCUT2D eigenvalue weighted by Crippen LogP contribution is -2.65. The third-order valence-electron chi connectivity index (χ3n) is 7.43. The number of hydrogen-bond acceptors (Lipinski definition) is 7. The first-order valence-electron chi connectivity index (χ1n) is 16.5. The molecule has 12 heteroatoms. The van der Waals surface area contributed by atoms with E-state index in [1.54, 1.807) is 0 Å². The topological polar surface area (TPSA) is 75.6 Å². The summed E-state index contributed by atoms with van der Waals surface area (Å²) in [5.41, 5.74) is 2.26. The highest BCUT2D eigenvalue weighted by Gasteiger charge is 2.57. The SMILES string of the molecule is CCOc1ccc(C(O[Si](C)(C)C)c2cc([C@]3(O)O[C@H](CO[Si](C)(C)C)[C@@H](C)[C@H](O[Si](C)(C)C)[C@H]3O[Si](C)(C)C)ccc2Cl)cc1. The van der Waals surface area contributed by atoms with Gasteiger partial charge in [0.1, 0.15) is 11.9 Å². The fourth-order valence-corrected chi connectivity index (χ4v) is 9.57. The van der Waals surface area contributed by atoms with E-state index in [9.17, 15) is 5.11 Å². The zero-order valence-corrected chi connectivity index (χ0v) is 35.4. The molecule has 1 saturated heterocycles. The minimum Gasteiger partial charge on any atom is -0.494 e. The molecule has 0 spiro atoms. The summed E-state index contributed by atoms with van der Waals surface area (Å²) in [6.45, 7) is 30.9. The van der Waals surface area contributed by atoms with Crippen molar-refractivity contribution in [3.8, 4) is 5.75 Å². The molecule has 0 radical (unpaired) electrons. The van der Waals surface area contributed by atoms with Crippen LogP contribution in [0.4, 0.5) is 0 Å². The average Bonchev–Trinajstić information content (AvgIpc) is 2.89. The molecular formula is C34H59ClO7Si4. The molecule has 0 aliphatic carbocycles. The Bertz CT molecular complexity index is 1280. The van der Waals surface area contributed by atoms with Gasteiger partial charge in [0, 0.05) is 22.1 Å². The molecule has 7 nitrogen and oxygen atoms in total. The minimum absolute atomic E-state index is 0.0803. The molecule has 2 aromatic carbocycles. The second-order valence-corrected chi connectivity index (χ2v) is 34.6. The van der Waals surface area contributed by atoms with Crippen LogP contribution in [0.25, 0.3) is 0 Å². The number of benzene rings is 2. The van der Waals surface area contributed by atoms with Crippen LogP contribution in [0.2, 0.25) is 83.6 Å². The Morgan fingerprint density at radius 2 is 1.41 bits per heavy atom. The van der Waals surface area contributed by atoms with E-state index < -0.39 is 63.5 Å². The van der Waals surface area contributed by atoms with Crippen LogP contribution in [0, 0.1) is 5.92 Å². The Labute approximate surface area is 287 Å². The molecule has 6 atom stereocenters. The van der Waals surface area contributed by atoms with E-state index in [0.29, 0.717) is 23.8 Å². The Hall–Kier alpha value is -0.842. The largest absolute Gasteiger partial charge is 0.494 e. The highest BCUT2D eigenvalue weighted by Crippen LogP contribution is 2.46. The Balaban J connectivity index is 2.23. The van der Waals surface area contributed by atoms with Gasteiger partial charge in [0.25, 0.3) is 0 Å². The zero-order valence-electron chi connectivity index (χ0n) is 30.6. The van der Waals surface area contributed by atoms with Crippen LogP contribution < -0.4 is 4.74 Å². The van der Waals surface area contributed by atoms with Crippen molar-refractivity contribution in [2.24, 2.45) is 5.92 Å². The highest BCUT2D eigenvalue weighted by molar-refractivity contribution is 6.71. The molecule has 1 heterocycles. The second-order valence-electron chi connectivity index (χ2n) is 16.3. The van der Waals surface area contributed by atoms with Gasteiger partial charge in [0.15, 0.2) is 33.3 Å². The molecular weight excluding hydrogens is 668 g/mol. The molecule has 2 aromatic rings. The molecule has 0 aromatic heterocycles. The molecule has 1 aliphatic rings. The van der Waals surface area contributed by atoms with Crippen molar-refractivity contribution in [3.05, 3.63) is 64.2 Å². The molecule has 0 bridgehead atoms. The van der Waals surface area contributed by atoms with Crippen molar-refractivity contribution in [1.82, 2.24) is 0 Å². The summed E-state index contributed by atoms with van der Waals surface area (Å²) in [7, 11) is -8.25. The summed E-state index contributed by atoms with van der Waals surface area (Å²) >= 11 is 6.97. The summed E-state index contributed by atoms with van der Waals surface area (Å²) in [5.74, 6) is -1.11. The number of aliphatic hydroxyl groups is 1. The monoisotopic (exact) mass is 726 g/mol. The van der Waals surface area contributed by atoms with Gasteiger partial charge < -0.3 is 32.3 Å². The molecule has 1 aliphatic heterocycles. The van der Waals surface area contributed by atoms with Gasteiger partial charge in [-0.25, -0.2) is 0 Å². The van der Waals surface area contributed by atoms with Crippen LogP contribution >= 0.6 is 11.6 Å². The number of halogens is 1. The fourth-order valence-electron chi connectivity index (χ4n) is 5.51. The van der Waals surface area contributed by atoms with Gasteiger partial charge >= 0.3 is 0 Å². The van der Waals surface area contributed by atoms with Crippen LogP contribution in [-0.4, -0.2) is 69.9 Å². The lowest BCUT2D eigenvalue weighted by Gasteiger charge is -2.53. The van der Waals surface area contributed by atoms with Crippen molar-refractivity contribution in [1.29, 1.82) is 0 Å². The van der Waals surface area contributed by atoms with Crippen molar-refractivity contribution >= 4 is 44.9 Å². The maximum atomic E-state index is 12.9. The average molecular weight is 728 g/mol. The number of hydrogen-bond donors (Lipinski definition) is 1. The van der Waals surface area contributed by atoms with Crippen LogP contribution in [0.15, 0.2) is 42.5 Å². The molecule has 0 saturated carbocycles. The Kier molecular flexibility index (Phi) is 12.9. The van der Waals surface area contributed by atoms with Gasteiger partial charge in [-0.2, -0.15) is 0 Å². The van der Waals surface area contributed by atoms with Crippen molar-refractivity contribution in [2.75, 3.05) is 13.2 Å². The van der Waals surface area contributed by atoms with E-state index in [0.717, 1.165) is 16.9 Å². The fraction of sp³-hybridized carbons (Fsp3) is 0.647. The van der Waals surface area contributed by atoms with Crippen molar-refractivity contribution in [3.63, 3.8) is 0 Å². The van der Waals surface area contributed by atoms with Gasteiger partial charge in [-0.15, -0.1) is 0 Å². The third-order valence-corrected chi connectivity index (χ3v) is 11.7. The van der Waals surface area contributed by atoms with Gasteiger partial charge in [-0.1, -0.05) is 36.7 Å². The van der Waals surface area contributed by atoms with E-state index >= 15 is 0 Å². The first kappa shape index (κ1) is 39.6. The van der Waals surface area contributed by atoms with Crippen molar-refractivity contribution in [2.45, 2.75) is 123 Å².